The fourth-order valence-corrected chi connectivity index (χ4v) is 6.44. The number of ether oxygens (including phenoxy) is 1. The maximum absolute atomic E-state index is 13.8. The van der Waals surface area contributed by atoms with E-state index in [1.165, 1.54) is 28.6 Å². The second-order valence-electron chi connectivity index (χ2n) is 9.88. The lowest BCUT2D eigenvalue weighted by atomic mass is 10.1. The number of aryl methyl sites for hydroxylation is 1. The first-order chi connectivity index (χ1) is 19.6. The lowest BCUT2D eigenvalue weighted by Gasteiger charge is -2.34. The van der Waals surface area contributed by atoms with Gasteiger partial charge in [-0.15, -0.1) is 0 Å². The van der Waals surface area contributed by atoms with E-state index in [1.54, 1.807) is 12.0 Å². The summed E-state index contributed by atoms with van der Waals surface area (Å²) in [7, 11) is -2.24. The summed E-state index contributed by atoms with van der Waals surface area (Å²) < 4.78 is 35.0. The first kappa shape index (κ1) is 28.1. The van der Waals surface area contributed by atoms with Gasteiger partial charge in [0.1, 0.15) is 5.75 Å². The molecule has 1 saturated heterocycles. The molecule has 41 heavy (non-hydrogen) atoms. The van der Waals surface area contributed by atoms with Gasteiger partial charge in [0.05, 0.1) is 28.2 Å². The number of nitro benzene ring substituents is 1. The predicted molar refractivity (Wildman–Crippen MR) is 155 cm³/mol. The number of benzene rings is 3. The molecule has 3 aromatic carbocycles. The molecular weight excluding hydrogens is 544 g/mol. The Hall–Kier alpha value is -4.48. The molecule has 0 atom stereocenters. The Morgan fingerprint density at radius 1 is 0.878 bits per heavy atom. The number of aromatic nitrogens is 1. The lowest BCUT2D eigenvalue weighted by Crippen LogP contribution is -2.50. The van der Waals surface area contributed by atoms with E-state index in [0.717, 1.165) is 34.0 Å². The largest absolute Gasteiger partial charge is 0.497 e. The van der Waals surface area contributed by atoms with Crippen LogP contribution in [0.2, 0.25) is 0 Å². The number of non-ortho nitro benzene ring substituents is 1. The van der Waals surface area contributed by atoms with Crippen LogP contribution in [0.25, 0.3) is 16.9 Å². The van der Waals surface area contributed by atoms with E-state index in [2.05, 4.69) is 4.57 Å². The number of carbonyl (C=O) groups excluding carboxylic acids is 1. The average molecular weight is 575 g/mol. The van der Waals surface area contributed by atoms with Crippen LogP contribution in [-0.2, 0) is 10.0 Å². The molecule has 1 fully saturated rings. The summed E-state index contributed by atoms with van der Waals surface area (Å²) >= 11 is 0. The molecule has 0 spiro atoms. The van der Waals surface area contributed by atoms with Crippen LogP contribution in [0.4, 0.5) is 5.69 Å². The van der Waals surface area contributed by atoms with Crippen molar-refractivity contribution in [3.05, 3.63) is 106 Å². The minimum Gasteiger partial charge on any atom is -0.497 e. The molecule has 0 unspecified atom stereocenters. The molecule has 4 aromatic rings. The maximum Gasteiger partial charge on any atom is 0.269 e. The van der Waals surface area contributed by atoms with Gasteiger partial charge >= 0.3 is 0 Å². The normalized spacial score (nSPS) is 14.2. The summed E-state index contributed by atoms with van der Waals surface area (Å²) in [6.45, 7) is 4.61. The highest BCUT2D eigenvalue weighted by atomic mass is 32.2. The number of nitrogens with zero attached hydrogens (tertiary/aromatic N) is 4. The monoisotopic (exact) mass is 574 g/mol. The second-order valence-corrected chi connectivity index (χ2v) is 11.8. The zero-order valence-corrected chi connectivity index (χ0v) is 23.8. The predicted octanol–water partition coefficient (Wildman–Crippen LogP) is 4.82. The van der Waals surface area contributed by atoms with Gasteiger partial charge in [-0.05, 0) is 74.0 Å². The van der Waals surface area contributed by atoms with Gasteiger partial charge in [-0.2, -0.15) is 4.31 Å². The number of piperazine rings is 1. The van der Waals surface area contributed by atoms with Crippen LogP contribution < -0.4 is 4.74 Å². The van der Waals surface area contributed by atoms with Gasteiger partial charge < -0.3 is 14.2 Å². The van der Waals surface area contributed by atoms with E-state index in [9.17, 15) is 23.3 Å². The number of methoxy groups -OCH3 is 1. The lowest BCUT2D eigenvalue weighted by molar-refractivity contribution is -0.384. The Labute approximate surface area is 238 Å². The van der Waals surface area contributed by atoms with Gasteiger partial charge in [0.15, 0.2) is 0 Å². The van der Waals surface area contributed by atoms with Gasteiger partial charge in [0.25, 0.3) is 11.6 Å². The number of nitro groups is 1. The Balaban J connectivity index is 1.40. The minimum absolute atomic E-state index is 0.0157. The molecule has 1 aliphatic heterocycles. The molecule has 0 bridgehead atoms. The molecule has 0 radical (unpaired) electrons. The van der Waals surface area contributed by atoms with Gasteiger partial charge in [0.2, 0.25) is 10.0 Å². The van der Waals surface area contributed by atoms with Crippen molar-refractivity contribution in [1.29, 1.82) is 0 Å². The average Bonchev–Trinajstić information content (AvgIpc) is 3.34. The minimum atomic E-state index is -3.85. The number of hydrogen-bond acceptors (Lipinski definition) is 6. The van der Waals surface area contributed by atoms with E-state index >= 15 is 0 Å². The van der Waals surface area contributed by atoms with Crippen molar-refractivity contribution in [3.8, 4) is 22.7 Å². The highest BCUT2D eigenvalue weighted by Gasteiger charge is 2.32. The first-order valence-electron chi connectivity index (χ1n) is 13.1. The van der Waals surface area contributed by atoms with Crippen LogP contribution in [-0.4, -0.2) is 66.3 Å². The Morgan fingerprint density at radius 2 is 1.49 bits per heavy atom. The number of amides is 1. The molecule has 0 N–H and O–H groups in total. The van der Waals surface area contributed by atoms with Crippen LogP contribution >= 0.6 is 0 Å². The number of hydrogen-bond donors (Lipinski definition) is 0. The van der Waals surface area contributed by atoms with E-state index in [1.807, 2.05) is 68.4 Å². The molecular formula is C30H30N4O6S. The summed E-state index contributed by atoms with van der Waals surface area (Å²) in [6.07, 6.45) is 0. The van der Waals surface area contributed by atoms with Gasteiger partial charge in [-0.3, -0.25) is 14.9 Å². The van der Waals surface area contributed by atoms with Crippen molar-refractivity contribution in [2.24, 2.45) is 0 Å². The molecule has 212 valence electrons. The Bertz CT molecular complexity index is 1690. The van der Waals surface area contributed by atoms with Crippen LogP contribution in [0.5, 0.6) is 5.75 Å². The quantitative estimate of drug-likeness (QED) is 0.231. The third-order valence-electron chi connectivity index (χ3n) is 7.37. The summed E-state index contributed by atoms with van der Waals surface area (Å²) in [4.78, 5) is 25.8. The number of carbonyl (C=O) groups is 1. The van der Waals surface area contributed by atoms with E-state index in [4.69, 9.17) is 4.74 Å². The summed E-state index contributed by atoms with van der Waals surface area (Å²) in [6, 6.07) is 22.5. The van der Waals surface area contributed by atoms with Gasteiger partial charge in [-0.1, -0.05) is 17.7 Å². The molecule has 0 saturated carbocycles. The molecule has 10 nitrogen and oxygen atoms in total. The summed E-state index contributed by atoms with van der Waals surface area (Å²) in [5.41, 5.74) is 4.98. The van der Waals surface area contributed by atoms with Crippen LogP contribution in [0.15, 0.2) is 83.8 Å². The molecule has 1 aromatic heterocycles. The van der Waals surface area contributed by atoms with Crippen LogP contribution in [0.3, 0.4) is 0 Å². The zero-order valence-electron chi connectivity index (χ0n) is 23.0. The number of sulfonamides is 1. The van der Waals surface area contributed by atoms with Crippen LogP contribution in [0.1, 0.15) is 21.6 Å². The fraction of sp³-hybridized carbons (Fsp3) is 0.233. The molecule has 0 aliphatic carbocycles. The SMILES string of the molecule is COc1ccc(-c2cc(C(=O)N3CCN(S(=O)(=O)c4ccc([N+](=O)[O-])cc4)CC3)c(C)n2-c2ccc(C)cc2)cc1. The van der Waals surface area contributed by atoms with Crippen molar-refractivity contribution in [1.82, 2.24) is 13.8 Å². The molecule has 5 rings (SSSR count). The van der Waals surface area contributed by atoms with Gasteiger partial charge in [-0.25, -0.2) is 8.42 Å². The fourth-order valence-electron chi connectivity index (χ4n) is 5.01. The van der Waals surface area contributed by atoms with E-state index in [-0.39, 0.29) is 42.7 Å². The Morgan fingerprint density at radius 3 is 2.05 bits per heavy atom. The smallest absolute Gasteiger partial charge is 0.269 e. The van der Waals surface area contributed by atoms with Crippen molar-refractivity contribution >= 4 is 21.6 Å². The van der Waals surface area contributed by atoms with Crippen LogP contribution in [0, 0.1) is 24.0 Å². The van der Waals surface area contributed by atoms with E-state index < -0.39 is 14.9 Å². The third kappa shape index (κ3) is 5.46. The highest BCUT2D eigenvalue weighted by Crippen LogP contribution is 2.32. The molecule has 1 aliphatic rings. The van der Waals surface area contributed by atoms with Crippen molar-refractivity contribution in [2.75, 3.05) is 33.3 Å². The maximum atomic E-state index is 13.8. The summed E-state index contributed by atoms with van der Waals surface area (Å²) in [5.74, 6) is 0.562. The summed E-state index contributed by atoms with van der Waals surface area (Å²) in [5, 5.41) is 10.9. The molecule has 2 heterocycles. The first-order valence-corrected chi connectivity index (χ1v) is 14.5. The van der Waals surface area contributed by atoms with Gasteiger partial charge in [0, 0.05) is 49.7 Å². The standard InChI is InChI=1S/C30H30N4O6S/c1-21-4-8-24(9-5-21)33-22(2)28(20-29(33)23-6-12-26(40-3)13-7-23)30(35)31-16-18-32(19-17-31)41(38,39)27-14-10-25(11-15-27)34(36)37/h4-15,20H,16-19H2,1-3H3. The Kier molecular flexibility index (Phi) is 7.65. The van der Waals surface area contributed by atoms with Crippen molar-refractivity contribution in [3.63, 3.8) is 0 Å². The third-order valence-corrected chi connectivity index (χ3v) is 9.28. The topological polar surface area (TPSA) is 115 Å². The molecule has 1 amide bonds. The number of rotatable bonds is 7. The second kappa shape index (κ2) is 11.2. The zero-order chi connectivity index (χ0) is 29.3. The van der Waals surface area contributed by atoms with E-state index in [0.29, 0.717) is 5.56 Å². The molecule has 11 heteroatoms. The van der Waals surface area contributed by atoms with Crippen molar-refractivity contribution in [2.45, 2.75) is 18.7 Å². The van der Waals surface area contributed by atoms with Crippen molar-refractivity contribution < 1.29 is 22.9 Å². The highest BCUT2D eigenvalue weighted by molar-refractivity contribution is 7.89.